The molecule has 4 aromatic rings. The number of hydrogen-bond acceptors (Lipinski definition) is 6. The van der Waals surface area contributed by atoms with Gasteiger partial charge in [0, 0.05) is 12.8 Å². The van der Waals surface area contributed by atoms with E-state index in [-0.39, 0.29) is 78.3 Å². The maximum atomic E-state index is 14.0. The Hall–Kier alpha value is -3.76. The zero-order valence-corrected chi connectivity index (χ0v) is 33.0. The van der Waals surface area contributed by atoms with Crippen LogP contribution in [0.1, 0.15) is 56.4 Å². The summed E-state index contributed by atoms with van der Waals surface area (Å²) in [6.45, 7) is 9.69. The second-order valence-electron chi connectivity index (χ2n) is 13.4. The molecule has 2 atom stereocenters. The van der Waals surface area contributed by atoms with Crippen LogP contribution in [0.15, 0.2) is 109 Å². The van der Waals surface area contributed by atoms with E-state index >= 15 is 0 Å². The van der Waals surface area contributed by atoms with Crippen LogP contribution >= 0.6 is 0 Å². The first kappa shape index (κ1) is 45.4. The van der Waals surface area contributed by atoms with E-state index < -0.39 is 12.2 Å². The van der Waals surface area contributed by atoms with Crippen molar-refractivity contribution >= 4 is 11.8 Å². The van der Waals surface area contributed by atoms with Gasteiger partial charge in [0.15, 0.2) is 6.42 Å². The molecule has 0 aromatic heterocycles. The molecule has 0 aliphatic carbocycles. The molecular formula is C43H56Cl2N2O6. The van der Waals surface area contributed by atoms with Crippen LogP contribution in [0.4, 0.5) is 0 Å². The molecule has 0 fully saturated rings. The third kappa shape index (κ3) is 12.7. The maximum absolute atomic E-state index is 14.0. The SMILES string of the molecule is CC[N+](CC)(CC(O)COc1ccccc1Cc1ccccc1)C(=O)CC(=O)[N+](CC)(CC)CC(O)COc1ccccc1Cc1ccccc1.[Cl-].[Cl-]. The molecule has 0 bridgehead atoms. The van der Waals surface area contributed by atoms with Crippen LogP contribution in [0.5, 0.6) is 11.5 Å². The predicted molar refractivity (Wildman–Crippen MR) is 201 cm³/mol. The summed E-state index contributed by atoms with van der Waals surface area (Å²) < 4.78 is 12.1. The summed E-state index contributed by atoms with van der Waals surface area (Å²) in [7, 11) is 0. The largest absolute Gasteiger partial charge is 1.00 e. The topological polar surface area (TPSA) is 93.1 Å². The van der Waals surface area contributed by atoms with Crippen molar-refractivity contribution in [3.8, 4) is 11.5 Å². The molecule has 53 heavy (non-hydrogen) atoms. The number of ether oxygens (including phenoxy) is 2. The van der Waals surface area contributed by atoms with Gasteiger partial charge in [-0.25, -0.2) is 9.59 Å². The summed E-state index contributed by atoms with van der Waals surface area (Å²) >= 11 is 0. The van der Waals surface area contributed by atoms with Crippen molar-refractivity contribution in [2.45, 2.75) is 59.2 Å². The summed E-state index contributed by atoms with van der Waals surface area (Å²) in [5.74, 6) is 0.920. The average molecular weight is 768 g/mol. The van der Waals surface area contributed by atoms with Crippen LogP contribution in [0.2, 0.25) is 0 Å². The minimum Gasteiger partial charge on any atom is -1.00 e. The number of quaternary nitrogens is 2. The molecule has 2 amide bonds. The van der Waals surface area contributed by atoms with Crippen molar-refractivity contribution in [2.75, 3.05) is 52.5 Å². The van der Waals surface area contributed by atoms with Crippen molar-refractivity contribution < 1.29 is 63.1 Å². The number of halogens is 2. The van der Waals surface area contributed by atoms with E-state index in [2.05, 4.69) is 24.3 Å². The fourth-order valence-corrected chi connectivity index (χ4v) is 6.83. The number of benzene rings is 4. The molecule has 0 aliphatic heterocycles. The Morgan fingerprint density at radius 2 is 0.849 bits per heavy atom. The molecule has 0 aliphatic rings. The van der Waals surface area contributed by atoms with Gasteiger partial charge in [0.1, 0.15) is 50.0 Å². The van der Waals surface area contributed by atoms with Gasteiger partial charge in [0.25, 0.3) is 0 Å². The smallest absolute Gasteiger partial charge is 0.327 e. The molecule has 288 valence electrons. The highest BCUT2D eigenvalue weighted by atomic mass is 35.5. The van der Waals surface area contributed by atoms with Crippen LogP contribution in [0.25, 0.3) is 0 Å². The minimum absolute atomic E-state index is 0. The normalized spacial score (nSPS) is 12.5. The highest BCUT2D eigenvalue weighted by Gasteiger charge is 2.43. The second kappa shape index (κ2) is 22.5. The molecule has 2 N–H and O–H groups in total. The van der Waals surface area contributed by atoms with Gasteiger partial charge in [-0.2, -0.15) is 0 Å². The predicted octanol–water partition coefficient (Wildman–Crippen LogP) is 0.212. The Morgan fingerprint density at radius 3 is 1.19 bits per heavy atom. The third-order valence-corrected chi connectivity index (χ3v) is 10.2. The quantitative estimate of drug-likeness (QED) is 0.0989. The van der Waals surface area contributed by atoms with Crippen LogP contribution in [0.3, 0.4) is 0 Å². The number of carbonyl (C=O) groups is 2. The first-order chi connectivity index (χ1) is 24.7. The van der Waals surface area contributed by atoms with Gasteiger partial charge in [0.2, 0.25) is 0 Å². The number of para-hydroxylation sites is 2. The second-order valence-corrected chi connectivity index (χ2v) is 13.4. The lowest BCUT2D eigenvalue weighted by molar-refractivity contribution is -0.862. The van der Waals surface area contributed by atoms with E-state index in [1.807, 2.05) is 113 Å². The van der Waals surface area contributed by atoms with Crippen LogP contribution in [0, 0.1) is 0 Å². The van der Waals surface area contributed by atoms with E-state index in [0.717, 1.165) is 22.3 Å². The Labute approximate surface area is 328 Å². The Bertz CT molecular complexity index is 1540. The third-order valence-electron chi connectivity index (χ3n) is 10.2. The summed E-state index contributed by atoms with van der Waals surface area (Å²) in [6, 6.07) is 35.8. The van der Waals surface area contributed by atoms with E-state index in [1.165, 1.54) is 0 Å². The van der Waals surface area contributed by atoms with Crippen molar-refractivity contribution in [1.82, 2.24) is 0 Å². The maximum Gasteiger partial charge on any atom is 0.327 e. The number of nitrogens with zero attached hydrogens (tertiary/aromatic N) is 2. The molecule has 10 heteroatoms. The number of hydrogen-bond donors (Lipinski definition) is 2. The molecule has 8 nitrogen and oxygen atoms in total. The van der Waals surface area contributed by atoms with Crippen molar-refractivity contribution in [3.63, 3.8) is 0 Å². The van der Waals surface area contributed by atoms with Crippen LogP contribution in [-0.2, 0) is 22.4 Å². The zero-order chi connectivity index (χ0) is 36.7. The molecule has 0 radical (unpaired) electrons. The van der Waals surface area contributed by atoms with Crippen LogP contribution < -0.4 is 34.3 Å². The highest BCUT2D eigenvalue weighted by Crippen LogP contribution is 2.24. The number of aliphatic hydroxyl groups is 2. The molecule has 0 spiro atoms. The molecule has 4 rings (SSSR count). The Balaban J connectivity index is 0.00000486. The zero-order valence-electron chi connectivity index (χ0n) is 31.5. The summed E-state index contributed by atoms with van der Waals surface area (Å²) in [5, 5.41) is 22.3. The van der Waals surface area contributed by atoms with Gasteiger partial charge < -0.3 is 44.5 Å². The van der Waals surface area contributed by atoms with E-state index in [1.54, 1.807) is 0 Å². The minimum atomic E-state index is -0.922. The first-order valence-corrected chi connectivity index (χ1v) is 18.3. The average Bonchev–Trinajstić information content (AvgIpc) is 3.16. The van der Waals surface area contributed by atoms with E-state index in [9.17, 15) is 19.8 Å². The first-order valence-electron chi connectivity index (χ1n) is 18.3. The number of rotatable bonds is 20. The van der Waals surface area contributed by atoms with Gasteiger partial charge in [-0.15, -0.1) is 0 Å². The molecule has 0 heterocycles. The Kier molecular flexibility index (Phi) is 19.2. The molecule has 2 unspecified atom stereocenters. The Morgan fingerprint density at radius 1 is 0.528 bits per heavy atom. The van der Waals surface area contributed by atoms with Crippen molar-refractivity contribution in [2.24, 2.45) is 0 Å². The van der Waals surface area contributed by atoms with Gasteiger partial charge in [-0.1, -0.05) is 97.1 Å². The highest BCUT2D eigenvalue weighted by molar-refractivity contribution is 5.90. The summed E-state index contributed by atoms with van der Waals surface area (Å²) in [4.78, 5) is 27.9. The van der Waals surface area contributed by atoms with Gasteiger partial charge in [-0.05, 0) is 62.1 Å². The lowest BCUT2D eigenvalue weighted by atomic mass is 10.0. The van der Waals surface area contributed by atoms with Gasteiger partial charge >= 0.3 is 11.8 Å². The summed E-state index contributed by atoms with van der Waals surface area (Å²) in [6.07, 6.45) is -0.725. The van der Waals surface area contributed by atoms with E-state index in [0.29, 0.717) is 50.5 Å². The fraction of sp³-hybridized carbons (Fsp3) is 0.395. The molecule has 0 saturated heterocycles. The number of likely N-dealkylation sites (N-methyl/N-ethyl adjacent to an activating group) is 2. The van der Waals surface area contributed by atoms with E-state index in [4.69, 9.17) is 9.47 Å². The number of amides is 2. The fourth-order valence-electron chi connectivity index (χ4n) is 6.83. The van der Waals surface area contributed by atoms with Crippen LogP contribution in [-0.4, -0.2) is 95.7 Å². The molecule has 4 aromatic carbocycles. The number of aliphatic hydroxyl groups excluding tert-OH is 2. The lowest BCUT2D eigenvalue weighted by Crippen LogP contribution is -3.00. The molecule has 0 saturated carbocycles. The summed E-state index contributed by atoms with van der Waals surface area (Å²) in [5.41, 5.74) is 4.35. The standard InChI is InChI=1S/C43H56N2O6.2ClH/c1-5-44(6-2,30-38(46)32-50-40-25-17-15-23-36(40)27-34-19-11-9-12-20-34)42(48)29-43(49)45(7-3,8-4)31-39(47)33-51-41-26-18-16-24-37(41)28-35-21-13-10-14-22-35;;/h9-26,38-39,46-47H,5-8,27-33H2,1-4H3;2*1H/q+2;;/p-2. The lowest BCUT2D eigenvalue weighted by Gasteiger charge is -2.38. The monoisotopic (exact) mass is 766 g/mol. The number of carbonyl (C=O) groups excluding carboxylic acids is 2. The molecular weight excluding hydrogens is 711 g/mol. The van der Waals surface area contributed by atoms with Gasteiger partial charge in [-0.3, -0.25) is 8.97 Å². The van der Waals surface area contributed by atoms with Crippen molar-refractivity contribution in [3.05, 3.63) is 131 Å². The van der Waals surface area contributed by atoms with Crippen molar-refractivity contribution in [1.29, 1.82) is 0 Å². The van der Waals surface area contributed by atoms with Gasteiger partial charge in [0.05, 0.1) is 26.2 Å².